The number of aromatic amines is 2. The van der Waals surface area contributed by atoms with Crippen molar-refractivity contribution >= 4 is 57.0 Å². The number of carboxylic acid groups (broad SMARTS) is 2. The van der Waals surface area contributed by atoms with Gasteiger partial charge in [-0.15, -0.1) is 0 Å². The number of piperidine rings is 2. The second-order valence-corrected chi connectivity index (χ2v) is 20.0. The van der Waals surface area contributed by atoms with Crippen molar-refractivity contribution in [1.82, 2.24) is 45.4 Å². The predicted molar refractivity (Wildman–Crippen MR) is 251 cm³/mol. The Morgan fingerprint density at radius 2 is 1.06 bits per heavy atom. The number of fused-ring (bicyclic) bond motifs is 5. The first kappa shape index (κ1) is 42.7. The summed E-state index contributed by atoms with van der Waals surface area (Å²) in [5.41, 5.74) is 10.2. The molecule has 2 aliphatic carbocycles. The Labute approximate surface area is 391 Å². The number of carbonyl (C=O) groups excluding carboxylic acids is 2. The van der Waals surface area contributed by atoms with Crippen LogP contribution in [-0.2, 0) is 19.1 Å². The summed E-state index contributed by atoms with van der Waals surface area (Å²) in [6, 6.07) is 16.7. The van der Waals surface area contributed by atoms with E-state index in [0.717, 1.165) is 98.0 Å². The molecule has 3 aromatic carbocycles. The Bertz CT molecular complexity index is 3030. The Morgan fingerprint density at radius 3 is 1.56 bits per heavy atom. The minimum absolute atomic E-state index is 0.0910. The Hall–Kier alpha value is -6.59. The number of nitrogens with zero attached hydrogens (tertiary/aromatic N) is 5. The van der Waals surface area contributed by atoms with Gasteiger partial charge in [0.05, 0.1) is 45.4 Å². The van der Waals surface area contributed by atoms with Gasteiger partial charge in [0, 0.05) is 49.5 Å². The Kier molecular flexibility index (Phi) is 10.4. The van der Waals surface area contributed by atoms with Crippen molar-refractivity contribution in [3.05, 3.63) is 77.4 Å². The SMILES string of the molecule is Cc1c(-c2ccc3nc([C@@H]4C[C@H]5CC5N4C(=O)[C@H](NC(=O)O)C4CCOCC4)[nH]c3c2)nc2ccc(-c3ccc4nc([C@@H]5C[C@H]6CC6N5C(=O)[C@H](NC(=O)O)C5CCOCC5)[nH]c4c3)cc2c1C. The molecule has 6 N–H and O–H groups in total. The number of aryl methyl sites for hydroxylation is 1. The molecular weight excluding hydrogens is 867 g/mol. The van der Waals surface area contributed by atoms with E-state index >= 15 is 0 Å². The van der Waals surface area contributed by atoms with E-state index in [0.29, 0.717) is 69.8 Å². The standard InChI is InChI=1S/C51H55N9O8/c1-24-25(2)43(30-5-8-36-38(19-30)56-47(54-36)42-23-32-21-40(32)60(42)49(62)45(58-51(65)66)27-11-15-68-16-12-27)52-34-6-3-28(17-33(24)34)29-4-7-35-37(18-29)55-46(53-35)41-22-31-20-39(31)59(41)48(61)44(57-50(63)64)26-9-13-67-14-10-26/h3-8,17-19,26-27,31-32,39-42,44-45,57-58H,9-16,20-23H2,1-2H3,(H,53,55)(H,54,56)(H,63,64)(H,65,66)/t31-,32-,39?,40?,41+,42+,44-,45-/m1/s1. The van der Waals surface area contributed by atoms with E-state index in [1.807, 2.05) is 28.0 Å². The summed E-state index contributed by atoms with van der Waals surface area (Å²) >= 11 is 0. The lowest BCUT2D eigenvalue weighted by molar-refractivity contribution is -0.138. The van der Waals surface area contributed by atoms with Crippen LogP contribution in [0.2, 0.25) is 0 Å². The van der Waals surface area contributed by atoms with Gasteiger partial charge in [0.15, 0.2) is 0 Å². The average Bonchev–Trinajstić information content (AvgIpc) is 4.01. The van der Waals surface area contributed by atoms with Gasteiger partial charge in [-0.1, -0.05) is 18.2 Å². The van der Waals surface area contributed by atoms with E-state index in [1.165, 1.54) is 0 Å². The summed E-state index contributed by atoms with van der Waals surface area (Å²) in [4.78, 5) is 78.3. The first-order valence-corrected chi connectivity index (χ1v) is 24.2. The summed E-state index contributed by atoms with van der Waals surface area (Å²) in [6.07, 6.45) is 3.58. The highest BCUT2D eigenvalue weighted by Crippen LogP contribution is 2.55. The number of H-pyrrole nitrogens is 2. The molecule has 6 aliphatic rings. The molecule has 352 valence electrons. The molecule has 6 aromatic rings. The number of hydrogen-bond donors (Lipinski definition) is 6. The maximum atomic E-state index is 14.2. The summed E-state index contributed by atoms with van der Waals surface area (Å²) in [5.74, 6) is 1.63. The Morgan fingerprint density at radius 1 is 0.603 bits per heavy atom. The third-order valence-corrected chi connectivity index (χ3v) is 16.1. The van der Waals surface area contributed by atoms with E-state index in [1.54, 1.807) is 0 Å². The van der Waals surface area contributed by atoms with Crippen molar-refractivity contribution in [2.75, 3.05) is 26.4 Å². The van der Waals surface area contributed by atoms with Crippen LogP contribution in [0.5, 0.6) is 0 Å². The fraction of sp³-hybridized carbons (Fsp3) is 0.471. The molecule has 17 nitrogen and oxygen atoms in total. The van der Waals surface area contributed by atoms with E-state index in [4.69, 9.17) is 24.4 Å². The van der Waals surface area contributed by atoms with Crippen LogP contribution < -0.4 is 10.6 Å². The number of rotatable bonds is 10. The Balaban J connectivity index is 0.794. The zero-order valence-electron chi connectivity index (χ0n) is 38.0. The number of pyridine rings is 1. The van der Waals surface area contributed by atoms with Gasteiger partial charge in [0.2, 0.25) is 11.8 Å². The van der Waals surface area contributed by atoms with Gasteiger partial charge in [0.25, 0.3) is 0 Å². The number of amides is 4. The average molecular weight is 922 g/mol. The number of benzene rings is 3. The van der Waals surface area contributed by atoms with Gasteiger partial charge in [-0.05, 0) is 148 Å². The lowest BCUT2D eigenvalue weighted by Gasteiger charge is -2.35. The van der Waals surface area contributed by atoms with E-state index in [9.17, 15) is 29.4 Å². The molecular formula is C51H55N9O8. The number of ether oxygens (including phenoxy) is 2. The van der Waals surface area contributed by atoms with Crippen molar-refractivity contribution in [3.8, 4) is 22.4 Å². The molecule has 6 fully saturated rings. The zero-order valence-corrected chi connectivity index (χ0v) is 38.0. The molecule has 0 bridgehead atoms. The van der Waals surface area contributed by atoms with Gasteiger partial charge in [0.1, 0.15) is 23.7 Å². The summed E-state index contributed by atoms with van der Waals surface area (Å²) in [7, 11) is 0. The number of aromatic nitrogens is 5. The highest BCUT2D eigenvalue weighted by atomic mass is 16.5. The van der Waals surface area contributed by atoms with Crippen LogP contribution in [0.1, 0.15) is 86.2 Å². The smallest absolute Gasteiger partial charge is 0.405 e. The molecule has 3 aromatic heterocycles. The molecule has 2 unspecified atom stereocenters. The maximum absolute atomic E-state index is 14.2. The molecule has 4 aliphatic heterocycles. The van der Waals surface area contributed by atoms with Gasteiger partial charge in [-0.25, -0.2) is 24.5 Å². The molecule has 12 rings (SSSR count). The largest absolute Gasteiger partial charge is 0.465 e. The lowest BCUT2D eigenvalue weighted by Crippen LogP contribution is -2.53. The van der Waals surface area contributed by atoms with Crippen LogP contribution in [0.4, 0.5) is 9.59 Å². The number of imidazole rings is 2. The van der Waals surface area contributed by atoms with E-state index < -0.39 is 24.3 Å². The van der Waals surface area contributed by atoms with Crippen molar-refractivity contribution in [3.63, 3.8) is 0 Å². The van der Waals surface area contributed by atoms with Crippen molar-refractivity contribution in [2.24, 2.45) is 23.7 Å². The molecule has 8 atom stereocenters. The summed E-state index contributed by atoms with van der Waals surface area (Å²) in [6.45, 7) is 6.29. The van der Waals surface area contributed by atoms with Gasteiger partial charge >= 0.3 is 12.2 Å². The molecule has 2 saturated carbocycles. The van der Waals surface area contributed by atoms with Gasteiger partial charge in [-0.2, -0.15) is 0 Å². The molecule has 7 heterocycles. The van der Waals surface area contributed by atoms with Crippen LogP contribution in [0.15, 0.2) is 54.6 Å². The second-order valence-electron chi connectivity index (χ2n) is 20.0. The molecule has 4 saturated heterocycles. The quantitative estimate of drug-likeness (QED) is 0.0794. The first-order valence-electron chi connectivity index (χ1n) is 24.2. The van der Waals surface area contributed by atoms with Gasteiger partial charge in [-0.3, -0.25) is 9.59 Å². The van der Waals surface area contributed by atoms with Crippen molar-refractivity contribution < 1.29 is 38.9 Å². The zero-order chi connectivity index (χ0) is 46.5. The van der Waals surface area contributed by atoms with Crippen LogP contribution in [-0.4, -0.2) is 120 Å². The monoisotopic (exact) mass is 921 g/mol. The minimum atomic E-state index is -1.19. The number of nitrogens with one attached hydrogen (secondary N) is 4. The van der Waals surface area contributed by atoms with Crippen LogP contribution in [0.25, 0.3) is 55.4 Å². The molecule has 17 heteroatoms. The third kappa shape index (κ3) is 7.50. The highest BCUT2D eigenvalue weighted by molar-refractivity contribution is 5.93. The molecule has 4 amide bonds. The molecule has 68 heavy (non-hydrogen) atoms. The second kappa shape index (κ2) is 16.6. The first-order chi connectivity index (χ1) is 33.0. The summed E-state index contributed by atoms with van der Waals surface area (Å²) < 4.78 is 11.0. The molecule has 0 radical (unpaired) electrons. The fourth-order valence-electron chi connectivity index (χ4n) is 12.2. The third-order valence-electron chi connectivity index (χ3n) is 16.1. The number of hydrogen-bond acceptors (Lipinski definition) is 9. The topological polar surface area (TPSA) is 228 Å². The maximum Gasteiger partial charge on any atom is 0.405 e. The van der Waals surface area contributed by atoms with Crippen molar-refractivity contribution in [1.29, 1.82) is 0 Å². The highest BCUT2D eigenvalue weighted by Gasteiger charge is 2.58. The summed E-state index contributed by atoms with van der Waals surface area (Å²) in [5, 5.41) is 25.6. The lowest BCUT2D eigenvalue weighted by atomic mass is 9.90. The number of likely N-dealkylation sites (tertiary alicyclic amines) is 2. The fourth-order valence-corrected chi connectivity index (χ4v) is 12.2. The van der Waals surface area contributed by atoms with Crippen LogP contribution in [0, 0.1) is 37.5 Å². The predicted octanol–water partition coefficient (Wildman–Crippen LogP) is 7.39. The van der Waals surface area contributed by atoms with Crippen molar-refractivity contribution in [2.45, 2.75) is 101 Å². The minimum Gasteiger partial charge on any atom is -0.465 e. The number of carbonyl (C=O) groups is 4. The molecule has 0 spiro atoms. The van der Waals surface area contributed by atoms with E-state index in [2.05, 4.69) is 70.8 Å². The van der Waals surface area contributed by atoms with E-state index in [-0.39, 0.29) is 47.8 Å². The van der Waals surface area contributed by atoms with Gasteiger partial charge < -0.3 is 50.1 Å². The normalized spacial score (nSPS) is 25.6. The van der Waals surface area contributed by atoms with Crippen LogP contribution >= 0.6 is 0 Å². The van der Waals surface area contributed by atoms with Crippen LogP contribution in [0.3, 0.4) is 0 Å².